The highest BCUT2D eigenvalue weighted by Gasteiger charge is 2.21. The van der Waals surface area contributed by atoms with E-state index in [1.807, 2.05) is 19.1 Å². The minimum atomic E-state index is -0.154. The molecule has 3 rings (SSSR count). The van der Waals surface area contributed by atoms with Crippen LogP contribution in [-0.4, -0.2) is 69.9 Å². The smallest absolute Gasteiger partial charge is 0.191 e. The van der Waals surface area contributed by atoms with E-state index < -0.39 is 0 Å². The Labute approximate surface area is 204 Å². The molecule has 1 saturated carbocycles. The van der Waals surface area contributed by atoms with Gasteiger partial charge in [0.05, 0.1) is 12.2 Å². The van der Waals surface area contributed by atoms with Crippen LogP contribution in [0.4, 0.5) is 10.1 Å². The number of aliphatic imine (C=N–C) groups is 1. The third kappa shape index (κ3) is 9.10. The number of hydrogen-bond acceptors (Lipinski definition) is 4. The minimum Gasteiger partial charge on any atom is -0.381 e. The van der Waals surface area contributed by atoms with Crippen molar-refractivity contribution in [1.29, 1.82) is 0 Å². The number of likely N-dealkylation sites (N-methyl/N-ethyl adjacent to an activating group) is 1. The number of guanidine groups is 1. The first kappa shape index (κ1) is 26.1. The van der Waals surface area contributed by atoms with E-state index >= 15 is 0 Å². The fourth-order valence-corrected chi connectivity index (χ4v) is 3.64. The molecule has 6 nitrogen and oxygen atoms in total. The van der Waals surface area contributed by atoms with Gasteiger partial charge in [0.2, 0.25) is 0 Å². The number of nitrogens with one attached hydrogen (secondary N) is 2. The maximum absolute atomic E-state index is 14.7. The third-order valence-electron chi connectivity index (χ3n) is 5.74. The summed E-state index contributed by atoms with van der Waals surface area (Å²) in [4.78, 5) is 9.15. The van der Waals surface area contributed by atoms with Crippen molar-refractivity contribution in [2.45, 2.75) is 39.7 Å². The fourth-order valence-electron chi connectivity index (χ4n) is 3.64. The van der Waals surface area contributed by atoms with E-state index in [4.69, 9.17) is 4.74 Å². The molecule has 0 unspecified atom stereocenters. The summed E-state index contributed by atoms with van der Waals surface area (Å²) in [7, 11) is 0. The summed E-state index contributed by atoms with van der Waals surface area (Å²) in [6, 6.07) is 5.52. The van der Waals surface area contributed by atoms with Crippen LogP contribution in [0.25, 0.3) is 0 Å². The second-order valence-electron chi connectivity index (χ2n) is 8.20. The Morgan fingerprint density at radius 2 is 1.94 bits per heavy atom. The van der Waals surface area contributed by atoms with Gasteiger partial charge in [-0.2, -0.15) is 0 Å². The number of rotatable bonds is 11. The lowest BCUT2D eigenvalue weighted by Crippen LogP contribution is -2.46. The standard InChI is InChI=1S/C23H38FN5O.HI/c1-3-25-23(26-10-5-15-30-18-19-6-7-19)27-17-20-8-9-22(21(24)16-20)29-13-11-28(4-2)12-14-29;/h8-9,16,19H,3-7,10-15,17-18H2,1-2H3,(H2,25,26,27);1H. The third-order valence-corrected chi connectivity index (χ3v) is 5.74. The molecule has 31 heavy (non-hydrogen) atoms. The Morgan fingerprint density at radius 1 is 1.16 bits per heavy atom. The van der Waals surface area contributed by atoms with Crippen LogP contribution in [0.2, 0.25) is 0 Å². The van der Waals surface area contributed by atoms with Gasteiger partial charge in [-0.25, -0.2) is 9.38 Å². The molecule has 1 saturated heterocycles. The van der Waals surface area contributed by atoms with Gasteiger partial charge in [-0.1, -0.05) is 13.0 Å². The Hall–Kier alpha value is -1.13. The first-order valence-corrected chi connectivity index (χ1v) is 11.5. The monoisotopic (exact) mass is 547 g/mol. The molecule has 0 bridgehead atoms. The summed E-state index contributed by atoms with van der Waals surface area (Å²) in [5.74, 6) is 1.42. The average Bonchev–Trinajstić information content (AvgIpc) is 3.59. The highest BCUT2D eigenvalue weighted by molar-refractivity contribution is 14.0. The van der Waals surface area contributed by atoms with Gasteiger partial charge in [0.25, 0.3) is 0 Å². The molecule has 0 atom stereocenters. The van der Waals surface area contributed by atoms with Crippen LogP contribution in [0.5, 0.6) is 0 Å². The normalized spacial score (nSPS) is 17.4. The summed E-state index contributed by atoms with van der Waals surface area (Å²) in [6.07, 6.45) is 3.60. The van der Waals surface area contributed by atoms with Crippen molar-refractivity contribution in [1.82, 2.24) is 15.5 Å². The molecule has 2 fully saturated rings. The van der Waals surface area contributed by atoms with Crippen molar-refractivity contribution in [2.24, 2.45) is 10.9 Å². The number of ether oxygens (including phenoxy) is 1. The molecular weight excluding hydrogens is 508 g/mol. The van der Waals surface area contributed by atoms with E-state index in [0.29, 0.717) is 12.2 Å². The SMILES string of the molecule is CCNC(=NCc1ccc(N2CCN(CC)CC2)c(F)c1)NCCCOCC1CC1.I. The van der Waals surface area contributed by atoms with Crippen LogP contribution >= 0.6 is 24.0 Å². The lowest BCUT2D eigenvalue weighted by molar-refractivity contribution is 0.123. The van der Waals surface area contributed by atoms with E-state index in [1.165, 1.54) is 12.8 Å². The summed E-state index contributed by atoms with van der Waals surface area (Å²) in [5.41, 5.74) is 1.59. The summed E-state index contributed by atoms with van der Waals surface area (Å²) in [5, 5.41) is 6.59. The molecule has 0 radical (unpaired) electrons. The maximum Gasteiger partial charge on any atom is 0.191 e. The van der Waals surface area contributed by atoms with E-state index in [-0.39, 0.29) is 29.8 Å². The first-order chi connectivity index (χ1) is 14.7. The van der Waals surface area contributed by atoms with Crippen LogP contribution in [-0.2, 0) is 11.3 Å². The van der Waals surface area contributed by atoms with Gasteiger partial charge < -0.3 is 25.2 Å². The van der Waals surface area contributed by atoms with Gasteiger partial charge in [-0.05, 0) is 56.3 Å². The molecule has 8 heteroatoms. The fraction of sp³-hybridized carbons (Fsp3) is 0.696. The van der Waals surface area contributed by atoms with E-state index in [0.717, 1.165) is 82.9 Å². The number of piperazine rings is 1. The lowest BCUT2D eigenvalue weighted by Gasteiger charge is -2.35. The van der Waals surface area contributed by atoms with Crippen LogP contribution in [0.15, 0.2) is 23.2 Å². The molecule has 1 aliphatic carbocycles. The molecule has 1 heterocycles. The predicted octanol–water partition coefficient (Wildman–Crippen LogP) is 3.46. The van der Waals surface area contributed by atoms with E-state index in [9.17, 15) is 4.39 Å². The molecule has 1 aromatic rings. The highest BCUT2D eigenvalue weighted by Crippen LogP contribution is 2.28. The van der Waals surface area contributed by atoms with Gasteiger partial charge in [0, 0.05) is 52.5 Å². The second kappa shape index (κ2) is 14.1. The average molecular weight is 548 g/mol. The van der Waals surface area contributed by atoms with Crippen LogP contribution in [0, 0.1) is 11.7 Å². The Balaban J connectivity index is 0.00000341. The highest BCUT2D eigenvalue weighted by atomic mass is 127. The van der Waals surface area contributed by atoms with Gasteiger partial charge >= 0.3 is 0 Å². The summed E-state index contributed by atoms with van der Waals surface area (Å²) < 4.78 is 20.4. The van der Waals surface area contributed by atoms with Crippen LogP contribution in [0.3, 0.4) is 0 Å². The first-order valence-electron chi connectivity index (χ1n) is 11.5. The van der Waals surface area contributed by atoms with Crippen molar-refractivity contribution in [2.75, 3.05) is 63.9 Å². The van der Waals surface area contributed by atoms with Gasteiger partial charge in [-0.15, -0.1) is 24.0 Å². The van der Waals surface area contributed by atoms with Gasteiger partial charge in [0.1, 0.15) is 5.82 Å². The Morgan fingerprint density at radius 3 is 2.58 bits per heavy atom. The van der Waals surface area contributed by atoms with Crippen molar-refractivity contribution in [3.63, 3.8) is 0 Å². The summed E-state index contributed by atoms with van der Waals surface area (Å²) in [6.45, 7) is 12.8. The lowest BCUT2D eigenvalue weighted by atomic mass is 10.1. The molecule has 2 N–H and O–H groups in total. The second-order valence-corrected chi connectivity index (χ2v) is 8.20. The van der Waals surface area contributed by atoms with Crippen LogP contribution in [0.1, 0.15) is 38.7 Å². The largest absolute Gasteiger partial charge is 0.381 e. The molecular formula is C23H39FIN5O. The molecule has 1 aromatic carbocycles. The van der Waals surface area contributed by atoms with Crippen molar-refractivity contribution in [3.05, 3.63) is 29.6 Å². The van der Waals surface area contributed by atoms with Gasteiger partial charge in [-0.3, -0.25) is 0 Å². The molecule has 0 spiro atoms. The number of anilines is 1. The van der Waals surface area contributed by atoms with Gasteiger partial charge in [0.15, 0.2) is 5.96 Å². The topological polar surface area (TPSA) is 52.1 Å². The number of halogens is 2. The Bertz CT molecular complexity index is 678. The molecule has 176 valence electrons. The minimum absolute atomic E-state index is 0. The Kier molecular flexibility index (Phi) is 11.9. The zero-order chi connectivity index (χ0) is 21.2. The summed E-state index contributed by atoms with van der Waals surface area (Å²) >= 11 is 0. The van der Waals surface area contributed by atoms with E-state index in [2.05, 4.69) is 32.3 Å². The number of benzene rings is 1. The van der Waals surface area contributed by atoms with Crippen molar-refractivity contribution < 1.29 is 9.13 Å². The van der Waals surface area contributed by atoms with E-state index in [1.54, 1.807) is 6.07 Å². The quantitative estimate of drug-likeness (QED) is 0.193. The molecule has 1 aliphatic heterocycles. The molecule has 2 aliphatic rings. The van der Waals surface area contributed by atoms with Crippen molar-refractivity contribution in [3.8, 4) is 0 Å². The zero-order valence-corrected chi connectivity index (χ0v) is 21.4. The van der Waals surface area contributed by atoms with Crippen LogP contribution < -0.4 is 15.5 Å². The molecule has 0 amide bonds. The van der Waals surface area contributed by atoms with Crippen molar-refractivity contribution >= 4 is 35.6 Å². The maximum atomic E-state index is 14.7. The zero-order valence-electron chi connectivity index (χ0n) is 19.0. The predicted molar refractivity (Wildman–Crippen MR) is 137 cm³/mol. The number of hydrogen-bond donors (Lipinski definition) is 2. The molecule has 0 aromatic heterocycles. The number of nitrogens with zero attached hydrogens (tertiary/aromatic N) is 3.